The highest BCUT2D eigenvalue weighted by Gasteiger charge is 2.40. The molecule has 2 N–H and O–H groups in total. The fourth-order valence-corrected chi connectivity index (χ4v) is 1.06. The van der Waals surface area contributed by atoms with Crippen LogP contribution in [0.4, 0.5) is 0 Å². The first kappa shape index (κ1) is 14.1. The molecule has 0 fully saturated rings. The molecule has 5 nitrogen and oxygen atoms in total. The van der Waals surface area contributed by atoms with E-state index in [1.807, 2.05) is 0 Å². The third kappa shape index (κ3) is 3.25. The predicted octanol–water partition coefficient (Wildman–Crippen LogP) is 0.542. The number of furan rings is 1. The van der Waals surface area contributed by atoms with Crippen molar-refractivity contribution < 1.29 is 23.9 Å². The van der Waals surface area contributed by atoms with E-state index >= 15 is 0 Å². The van der Waals surface area contributed by atoms with Gasteiger partial charge in [-0.3, -0.25) is 0 Å². The number of hydrogen-bond donors (Lipinski definition) is 2. The lowest BCUT2D eigenvalue weighted by molar-refractivity contribution is -0.0986. The third-order valence-corrected chi connectivity index (χ3v) is 2.93. The van der Waals surface area contributed by atoms with Crippen molar-refractivity contribution in [3.8, 4) is 5.95 Å². The number of aliphatic hydroxyl groups is 1. The fourth-order valence-electron chi connectivity index (χ4n) is 1.06. The second-order valence-corrected chi connectivity index (χ2v) is 4.90. The summed E-state index contributed by atoms with van der Waals surface area (Å²) in [6.45, 7) is 6.61. The van der Waals surface area contributed by atoms with Crippen molar-refractivity contribution in [2.24, 2.45) is 0 Å². The highest BCUT2D eigenvalue weighted by atomic mass is 16.6. The van der Waals surface area contributed by atoms with Crippen LogP contribution in [0.25, 0.3) is 0 Å². The van der Waals surface area contributed by atoms with E-state index in [1.165, 1.54) is 7.11 Å². The van der Waals surface area contributed by atoms with Crippen LogP contribution < -0.4 is 10.4 Å². The summed E-state index contributed by atoms with van der Waals surface area (Å²) in [5.41, 5.74) is -1.78. The fraction of sp³-hybridized carbons (Fsp3) is 0.636. The Balaban J connectivity index is 2.75. The van der Waals surface area contributed by atoms with Gasteiger partial charge in [0.25, 0.3) is 5.95 Å². The molecule has 0 aliphatic carbocycles. The maximum atomic E-state index is 9.90. The molecule has 1 aromatic rings. The molecule has 0 unspecified atom stereocenters. The lowest BCUT2D eigenvalue weighted by atomic mass is 9.81. The van der Waals surface area contributed by atoms with Gasteiger partial charge < -0.3 is 23.9 Å². The summed E-state index contributed by atoms with van der Waals surface area (Å²) in [7, 11) is 0.219. The molecule has 96 valence electrons. The Morgan fingerprint density at radius 3 is 2.24 bits per heavy atom. The molecular weight excluding hydrogens is 223 g/mol. The van der Waals surface area contributed by atoms with E-state index in [1.54, 1.807) is 39.8 Å². The van der Waals surface area contributed by atoms with Crippen molar-refractivity contribution in [3.05, 3.63) is 12.1 Å². The van der Waals surface area contributed by atoms with E-state index in [4.69, 9.17) is 13.8 Å². The number of hydrogen-bond acceptors (Lipinski definition) is 5. The first-order valence-corrected chi connectivity index (χ1v) is 5.39. The highest BCUT2D eigenvalue weighted by Crippen LogP contribution is 2.25. The molecule has 1 aromatic heterocycles. The molecule has 0 aliphatic rings. The zero-order chi connectivity index (χ0) is 13.3. The molecule has 0 spiro atoms. The average molecular weight is 242 g/mol. The monoisotopic (exact) mass is 242 g/mol. The lowest BCUT2D eigenvalue weighted by Crippen LogP contribution is -2.52. The van der Waals surface area contributed by atoms with Crippen LogP contribution in [-0.4, -0.2) is 35.6 Å². The lowest BCUT2D eigenvalue weighted by Gasteiger charge is -2.38. The van der Waals surface area contributed by atoms with Crippen LogP contribution >= 0.6 is 0 Å². The van der Waals surface area contributed by atoms with Gasteiger partial charge >= 0.3 is 7.12 Å². The molecule has 6 heteroatoms. The zero-order valence-electron chi connectivity index (χ0n) is 10.9. The molecule has 0 bridgehead atoms. The molecule has 1 heterocycles. The second kappa shape index (κ2) is 4.72. The summed E-state index contributed by atoms with van der Waals surface area (Å²) in [5, 5.41) is 19.7. The van der Waals surface area contributed by atoms with E-state index in [0.29, 0.717) is 5.95 Å². The maximum Gasteiger partial charge on any atom is 0.529 e. The predicted molar refractivity (Wildman–Crippen MR) is 64.3 cm³/mol. The number of ether oxygens (including phenoxy) is 1. The molecule has 0 amide bonds. The normalized spacial score (nSPS) is 12.6. The summed E-state index contributed by atoms with van der Waals surface area (Å²) in [5.74, 6) is 0.295. The molecule has 0 aliphatic heterocycles. The highest BCUT2D eigenvalue weighted by molar-refractivity contribution is 6.58. The van der Waals surface area contributed by atoms with E-state index in [9.17, 15) is 10.1 Å². The van der Waals surface area contributed by atoms with E-state index < -0.39 is 18.3 Å². The Morgan fingerprint density at radius 2 is 1.82 bits per heavy atom. The average Bonchev–Trinajstić information content (AvgIpc) is 2.63. The minimum atomic E-state index is -1.25. The Bertz CT molecular complexity index is 366. The van der Waals surface area contributed by atoms with Crippen LogP contribution in [0.2, 0.25) is 0 Å². The van der Waals surface area contributed by atoms with Crippen molar-refractivity contribution >= 4 is 12.8 Å². The number of methoxy groups -OCH3 is 1. The number of rotatable bonds is 5. The quantitative estimate of drug-likeness (QED) is 0.737. The Labute approximate surface area is 101 Å². The molecule has 0 radical (unpaired) electrons. The van der Waals surface area contributed by atoms with Gasteiger partial charge in [-0.15, -0.1) is 0 Å². The smallest absolute Gasteiger partial charge is 0.468 e. The topological polar surface area (TPSA) is 72.1 Å². The third-order valence-electron chi connectivity index (χ3n) is 2.93. The van der Waals surface area contributed by atoms with Crippen LogP contribution in [0.5, 0.6) is 5.95 Å². The Hall–Kier alpha value is -0.975. The van der Waals surface area contributed by atoms with Crippen LogP contribution in [0.1, 0.15) is 27.7 Å². The van der Waals surface area contributed by atoms with Crippen molar-refractivity contribution in [1.29, 1.82) is 0 Å². The van der Waals surface area contributed by atoms with E-state index in [2.05, 4.69) is 0 Å². The zero-order valence-corrected chi connectivity index (χ0v) is 10.9. The molecule has 0 saturated carbocycles. The molecule has 0 saturated heterocycles. The van der Waals surface area contributed by atoms with Crippen molar-refractivity contribution in [2.75, 3.05) is 7.11 Å². The largest absolute Gasteiger partial charge is 0.529 e. The van der Waals surface area contributed by atoms with Gasteiger partial charge in [-0.2, -0.15) is 0 Å². The van der Waals surface area contributed by atoms with Crippen LogP contribution in [0, 0.1) is 0 Å². The van der Waals surface area contributed by atoms with Gasteiger partial charge in [0.1, 0.15) is 5.66 Å². The molecule has 0 aromatic carbocycles. The van der Waals surface area contributed by atoms with Crippen LogP contribution in [0.3, 0.4) is 0 Å². The maximum absolute atomic E-state index is 9.90. The molecular formula is C11H19BO5. The summed E-state index contributed by atoms with van der Waals surface area (Å²) in [6.07, 6.45) is 0. The van der Waals surface area contributed by atoms with Gasteiger partial charge in [0, 0.05) is 6.07 Å². The minimum Gasteiger partial charge on any atom is -0.468 e. The first-order chi connectivity index (χ1) is 7.67. The standard InChI is InChI=1S/C11H19BO5/c1-10(2,13)11(3,4)17-12(14)8-6-7-9(15-5)16-8/h6-7,13-14H,1-5H3. The molecule has 17 heavy (non-hydrogen) atoms. The van der Waals surface area contributed by atoms with Crippen molar-refractivity contribution in [2.45, 2.75) is 38.9 Å². The van der Waals surface area contributed by atoms with Crippen LogP contribution in [-0.2, 0) is 4.65 Å². The second-order valence-electron chi connectivity index (χ2n) is 4.90. The van der Waals surface area contributed by atoms with Gasteiger partial charge in [-0.1, -0.05) is 0 Å². The summed E-state index contributed by atoms with van der Waals surface area (Å²) < 4.78 is 15.4. The van der Waals surface area contributed by atoms with Gasteiger partial charge in [-0.25, -0.2) is 0 Å². The Kier molecular flexibility index (Phi) is 3.91. The van der Waals surface area contributed by atoms with Crippen LogP contribution in [0.15, 0.2) is 16.5 Å². The van der Waals surface area contributed by atoms with Gasteiger partial charge in [0.2, 0.25) is 0 Å². The van der Waals surface area contributed by atoms with Crippen molar-refractivity contribution in [3.63, 3.8) is 0 Å². The minimum absolute atomic E-state index is 0.235. The van der Waals surface area contributed by atoms with Gasteiger partial charge in [0.15, 0.2) is 0 Å². The summed E-state index contributed by atoms with van der Waals surface area (Å²) >= 11 is 0. The summed E-state index contributed by atoms with van der Waals surface area (Å²) in [4.78, 5) is 0. The molecule has 0 atom stereocenters. The SMILES string of the molecule is COc1ccc(B(O)OC(C)(C)C(C)(C)O)o1. The Morgan fingerprint density at radius 1 is 1.24 bits per heavy atom. The van der Waals surface area contributed by atoms with E-state index in [0.717, 1.165) is 0 Å². The van der Waals surface area contributed by atoms with Gasteiger partial charge in [-0.05, 0) is 33.8 Å². The summed E-state index contributed by atoms with van der Waals surface area (Å²) in [6, 6.07) is 3.14. The van der Waals surface area contributed by atoms with Crippen molar-refractivity contribution in [1.82, 2.24) is 0 Å². The first-order valence-electron chi connectivity index (χ1n) is 5.39. The van der Waals surface area contributed by atoms with Gasteiger partial charge in [0.05, 0.1) is 18.3 Å². The van der Waals surface area contributed by atoms with E-state index in [-0.39, 0.29) is 5.66 Å². The molecule has 1 rings (SSSR count).